The molecule has 0 bridgehead atoms. The summed E-state index contributed by atoms with van der Waals surface area (Å²) < 4.78 is 10.8. The Morgan fingerprint density at radius 1 is 1.14 bits per heavy atom. The number of rotatable bonds is 4. The highest BCUT2D eigenvalue weighted by molar-refractivity contribution is 7.11. The van der Waals surface area contributed by atoms with Crippen molar-refractivity contribution in [3.63, 3.8) is 0 Å². The second-order valence-electron chi connectivity index (χ2n) is 6.33. The van der Waals surface area contributed by atoms with Gasteiger partial charge in [0.1, 0.15) is 16.6 Å². The second kappa shape index (κ2) is 7.26. The molecule has 0 amide bonds. The van der Waals surface area contributed by atoms with Gasteiger partial charge in [-0.05, 0) is 42.5 Å². The number of allylic oxidation sites excluding steroid dienone is 1. The lowest BCUT2D eigenvalue weighted by molar-refractivity contribution is 0.174. The lowest BCUT2D eigenvalue weighted by atomic mass is 10.1. The van der Waals surface area contributed by atoms with Gasteiger partial charge >= 0.3 is 0 Å². The van der Waals surface area contributed by atoms with Gasteiger partial charge in [0.05, 0.1) is 11.2 Å². The maximum Gasteiger partial charge on any atom is 0.231 e. The summed E-state index contributed by atoms with van der Waals surface area (Å²) in [5, 5.41) is 16.4. The van der Waals surface area contributed by atoms with Crippen molar-refractivity contribution in [2.75, 3.05) is 12.1 Å². The molecular formula is C22H14N4O2S. The monoisotopic (exact) mass is 398 g/mol. The molecule has 2 aromatic carbocycles. The van der Waals surface area contributed by atoms with Crippen molar-refractivity contribution in [2.24, 2.45) is 0 Å². The molecule has 6 nitrogen and oxygen atoms in total. The Labute approximate surface area is 170 Å². The van der Waals surface area contributed by atoms with Crippen LogP contribution in [-0.2, 0) is 0 Å². The first-order valence-electron chi connectivity index (χ1n) is 8.88. The molecule has 1 N–H and O–H groups in total. The second-order valence-corrected chi connectivity index (χ2v) is 7.19. The minimum atomic E-state index is 0.235. The topological polar surface area (TPSA) is 80.1 Å². The van der Waals surface area contributed by atoms with Gasteiger partial charge in [0.2, 0.25) is 6.79 Å². The number of benzene rings is 2. The van der Waals surface area contributed by atoms with Crippen LogP contribution < -0.4 is 14.8 Å². The number of nitrogens with one attached hydrogen (secondary N) is 1. The third kappa shape index (κ3) is 3.37. The summed E-state index contributed by atoms with van der Waals surface area (Å²) in [5.41, 5.74) is 3.99. The van der Waals surface area contributed by atoms with Crippen LogP contribution in [0.5, 0.6) is 11.5 Å². The number of ether oxygens (including phenoxy) is 2. The molecule has 0 unspecified atom stereocenters. The van der Waals surface area contributed by atoms with Gasteiger partial charge in [-0.2, -0.15) is 5.26 Å². The number of hydrogen-bond donors (Lipinski definition) is 1. The molecule has 4 aromatic rings. The molecule has 0 spiro atoms. The van der Waals surface area contributed by atoms with Crippen LogP contribution in [0.2, 0.25) is 0 Å². The number of anilines is 1. The SMILES string of the molecule is N#CC(=CNc1ccc2ncccc2c1)c1nc(-c2ccc3c(c2)OCO3)cs1. The van der Waals surface area contributed by atoms with E-state index in [1.54, 1.807) is 12.4 Å². The fourth-order valence-electron chi connectivity index (χ4n) is 3.05. The molecular weight excluding hydrogens is 384 g/mol. The quantitative estimate of drug-likeness (QED) is 0.484. The zero-order valence-corrected chi connectivity index (χ0v) is 15.9. The summed E-state index contributed by atoms with van der Waals surface area (Å²) in [6.45, 7) is 0.235. The Kier molecular flexibility index (Phi) is 4.31. The van der Waals surface area contributed by atoms with Gasteiger partial charge in [-0.3, -0.25) is 4.98 Å². The Hall–Kier alpha value is -3.89. The Morgan fingerprint density at radius 3 is 3.00 bits per heavy atom. The zero-order valence-electron chi connectivity index (χ0n) is 15.1. The van der Waals surface area contributed by atoms with Crippen molar-refractivity contribution in [2.45, 2.75) is 0 Å². The average molecular weight is 398 g/mol. The minimum absolute atomic E-state index is 0.235. The predicted molar refractivity (Wildman–Crippen MR) is 113 cm³/mol. The van der Waals surface area contributed by atoms with E-state index >= 15 is 0 Å². The third-order valence-corrected chi connectivity index (χ3v) is 5.39. The summed E-state index contributed by atoms with van der Waals surface area (Å²) in [4.78, 5) is 8.93. The van der Waals surface area contributed by atoms with Crippen molar-refractivity contribution >= 4 is 33.5 Å². The Morgan fingerprint density at radius 2 is 2.07 bits per heavy atom. The van der Waals surface area contributed by atoms with Crippen LogP contribution in [0.15, 0.2) is 66.3 Å². The summed E-state index contributed by atoms with van der Waals surface area (Å²) in [6.07, 6.45) is 3.45. The van der Waals surface area contributed by atoms with E-state index in [1.165, 1.54) is 11.3 Å². The number of aromatic nitrogens is 2. The van der Waals surface area contributed by atoms with Crippen LogP contribution in [-0.4, -0.2) is 16.8 Å². The lowest BCUT2D eigenvalue weighted by Gasteiger charge is -2.03. The van der Waals surface area contributed by atoms with Gasteiger partial charge in [-0.25, -0.2) is 4.98 Å². The standard InChI is InChI=1S/C22H14N4O2S/c23-10-16(11-25-17-4-5-18-14(8-17)2-1-7-24-18)22-26-19(12-29-22)15-3-6-20-21(9-15)28-13-27-20/h1-9,11-12,25H,13H2. The maximum atomic E-state index is 9.60. The Bertz CT molecular complexity index is 1290. The molecule has 0 aliphatic carbocycles. The van der Waals surface area contributed by atoms with Gasteiger partial charge in [-0.1, -0.05) is 6.07 Å². The Balaban J connectivity index is 1.39. The summed E-state index contributed by atoms with van der Waals surface area (Å²) in [7, 11) is 0. The maximum absolute atomic E-state index is 9.60. The number of fused-ring (bicyclic) bond motifs is 2. The molecule has 0 radical (unpaired) electrons. The van der Waals surface area contributed by atoms with E-state index in [0.29, 0.717) is 16.3 Å². The zero-order chi connectivity index (χ0) is 19.6. The van der Waals surface area contributed by atoms with E-state index in [4.69, 9.17) is 9.47 Å². The van der Waals surface area contributed by atoms with Crippen molar-refractivity contribution in [3.05, 3.63) is 71.3 Å². The van der Waals surface area contributed by atoms with Gasteiger partial charge in [0, 0.05) is 34.4 Å². The van der Waals surface area contributed by atoms with E-state index in [0.717, 1.165) is 33.6 Å². The smallest absolute Gasteiger partial charge is 0.231 e. The summed E-state index contributed by atoms with van der Waals surface area (Å²) >= 11 is 1.42. The lowest BCUT2D eigenvalue weighted by Crippen LogP contribution is -1.92. The molecule has 1 aliphatic heterocycles. The van der Waals surface area contributed by atoms with Crippen molar-refractivity contribution in [1.82, 2.24) is 9.97 Å². The first-order valence-corrected chi connectivity index (χ1v) is 9.76. The molecule has 2 aromatic heterocycles. The fraction of sp³-hybridized carbons (Fsp3) is 0.0455. The van der Waals surface area contributed by atoms with E-state index in [9.17, 15) is 5.26 Å². The van der Waals surface area contributed by atoms with Crippen LogP contribution in [0, 0.1) is 11.3 Å². The molecule has 0 saturated heterocycles. The van der Waals surface area contributed by atoms with Gasteiger partial charge < -0.3 is 14.8 Å². The minimum Gasteiger partial charge on any atom is -0.454 e. The first-order chi connectivity index (χ1) is 14.3. The van der Waals surface area contributed by atoms with E-state index in [1.807, 2.05) is 53.9 Å². The van der Waals surface area contributed by atoms with Crippen LogP contribution in [0.4, 0.5) is 5.69 Å². The highest BCUT2D eigenvalue weighted by atomic mass is 32.1. The van der Waals surface area contributed by atoms with E-state index < -0.39 is 0 Å². The highest BCUT2D eigenvalue weighted by Gasteiger charge is 2.16. The largest absolute Gasteiger partial charge is 0.454 e. The average Bonchev–Trinajstić information content (AvgIpc) is 3.43. The van der Waals surface area contributed by atoms with E-state index in [2.05, 4.69) is 21.4 Å². The molecule has 5 rings (SSSR count). The molecule has 29 heavy (non-hydrogen) atoms. The molecule has 140 valence electrons. The van der Waals surface area contributed by atoms with Crippen LogP contribution in [0.1, 0.15) is 5.01 Å². The van der Waals surface area contributed by atoms with Crippen molar-refractivity contribution in [1.29, 1.82) is 5.26 Å². The van der Waals surface area contributed by atoms with Crippen LogP contribution >= 0.6 is 11.3 Å². The van der Waals surface area contributed by atoms with Crippen molar-refractivity contribution in [3.8, 4) is 28.8 Å². The van der Waals surface area contributed by atoms with Gasteiger partial charge in [0.25, 0.3) is 0 Å². The first kappa shape index (κ1) is 17.2. The van der Waals surface area contributed by atoms with Crippen molar-refractivity contribution < 1.29 is 9.47 Å². The molecule has 3 heterocycles. The summed E-state index contributed by atoms with van der Waals surface area (Å²) in [6, 6.07) is 17.7. The van der Waals surface area contributed by atoms with Gasteiger partial charge in [0.15, 0.2) is 11.5 Å². The van der Waals surface area contributed by atoms with Crippen LogP contribution in [0.25, 0.3) is 27.7 Å². The molecule has 0 fully saturated rings. The highest BCUT2D eigenvalue weighted by Crippen LogP contribution is 2.36. The third-order valence-electron chi connectivity index (χ3n) is 4.51. The number of nitrogens with zero attached hydrogens (tertiary/aromatic N) is 3. The molecule has 7 heteroatoms. The number of nitriles is 1. The summed E-state index contributed by atoms with van der Waals surface area (Å²) in [5.74, 6) is 1.44. The normalized spacial score (nSPS) is 12.7. The molecule has 1 aliphatic rings. The number of thiazole rings is 1. The fourth-order valence-corrected chi connectivity index (χ4v) is 3.84. The molecule has 0 atom stereocenters. The van der Waals surface area contributed by atoms with Gasteiger partial charge in [-0.15, -0.1) is 11.3 Å². The molecule has 0 saturated carbocycles. The van der Waals surface area contributed by atoms with Crippen LogP contribution in [0.3, 0.4) is 0 Å². The number of pyridine rings is 1. The van der Waals surface area contributed by atoms with E-state index in [-0.39, 0.29) is 6.79 Å². The predicted octanol–water partition coefficient (Wildman–Crippen LogP) is 5.06. The number of hydrogen-bond acceptors (Lipinski definition) is 7.